The predicted octanol–water partition coefficient (Wildman–Crippen LogP) is 21.1. The Labute approximate surface area is 651 Å². The number of aromatic nitrogens is 2. The van der Waals surface area contributed by atoms with Crippen molar-refractivity contribution in [3.63, 3.8) is 0 Å². The summed E-state index contributed by atoms with van der Waals surface area (Å²) in [6, 6.07) is 108. The molecule has 5 unspecified atom stereocenters. The monoisotopic (exact) mass is 1460 g/mol. The number of aliphatic hydroxyl groups excluding tert-OH is 2. The van der Waals surface area contributed by atoms with E-state index in [0.29, 0.717) is 6.42 Å². The average Bonchev–Trinajstić information content (AvgIpc) is 1.55. The molecule has 2 N–H and O–H groups in total. The van der Waals surface area contributed by atoms with Crippen LogP contribution in [0.2, 0.25) is 0 Å². The van der Waals surface area contributed by atoms with Gasteiger partial charge in [0.1, 0.15) is 40.1 Å². The van der Waals surface area contributed by atoms with Crippen molar-refractivity contribution in [1.29, 1.82) is 0 Å². The van der Waals surface area contributed by atoms with Crippen molar-refractivity contribution in [2.45, 2.75) is 75.4 Å². The number of imidazole rings is 1. The molecule has 2 aliphatic rings. The van der Waals surface area contributed by atoms with Gasteiger partial charge in [-0.2, -0.15) is 0 Å². The van der Waals surface area contributed by atoms with Crippen LogP contribution in [0.3, 0.4) is 0 Å². The molecular formula is C102H91N2O7+. The summed E-state index contributed by atoms with van der Waals surface area (Å²) in [4.78, 5) is 0. The van der Waals surface area contributed by atoms with Crippen molar-refractivity contribution in [3.8, 4) is 39.9 Å². The maximum Gasteiger partial charge on any atom is 0.270 e. The topological polar surface area (TPSA) is 95.4 Å². The molecule has 0 amide bonds. The van der Waals surface area contributed by atoms with Crippen LogP contribution in [0.4, 0.5) is 0 Å². The van der Waals surface area contributed by atoms with Gasteiger partial charge in [-0.05, 0) is 201 Å². The van der Waals surface area contributed by atoms with Crippen LogP contribution in [0.1, 0.15) is 175 Å². The smallest absolute Gasteiger partial charge is 0.270 e. The van der Waals surface area contributed by atoms with Crippen LogP contribution in [-0.2, 0) is 25.0 Å². The van der Waals surface area contributed by atoms with Crippen LogP contribution in [0.25, 0.3) is 23.5 Å². The van der Waals surface area contributed by atoms with E-state index in [1.165, 1.54) is 27.8 Å². The number of nitrogens with zero attached hydrogens (tertiary/aromatic N) is 2. The molecule has 0 aliphatic heterocycles. The Balaban J connectivity index is 1.06. The fraction of sp³-hybridized carbons (Fsp3) is 0.167. The lowest BCUT2D eigenvalue weighted by molar-refractivity contribution is -0.582. The highest BCUT2D eigenvalue weighted by Gasteiger charge is 2.53. The van der Waals surface area contributed by atoms with Gasteiger partial charge in [-0.1, -0.05) is 249 Å². The Morgan fingerprint density at radius 3 is 0.955 bits per heavy atom. The fourth-order valence-electron chi connectivity index (χ4n) is 17.8. The second kappa shape index (κ2) is 30.9. The number of benzene rings is 13. The third-order valence-corrected chi connectivity index (χ3v) is 23.6. The molecule has 13 aromatic carbocycles. The molecule has 0 saturated carbocycles. The van der Waals surface area contributed by atoms with E-state index < -0.39 is 5.41 Å². The van der Waals surface area contributed by atoms with E-state index in [9.17, 15) is 10.2 Å². The van der Waals surface area contributed by atoms with E-state index in [-0.39, 0.29) is 42.8 Å². The second-order valence-electron chi connectivity index (χ2n) is 29.4. The SMILES string of the molecule is C=Cn1c(C)c(C)[n+](C=C)c1Cc1ccc(C2c3ccc(C(c4ccc(C)cc4)c4ccc(OC)cc4)cc3C3(c4cc(C(c5ccc(CO)cc5)c5ccc(OC)cc5)ccc4-c4ccc(C(c5ccc(OC)cc5)c5ccc(OC)cc5)cc43)c3cc(C(c4ccc(CO)cc4)c4ccc(OC)cc4)ccc32)cc1. The third kappa shape index (κ3) is 13.2. The quantitative estimate of drug-likeness (QED) is 0.0460. The fourth-order valence-corrected chi connectivity index (χ4v) is 17.8. The lowest BCUT2D eigenvalue weighted by Gasteiger charge is -2.45. The first-order chi connectivity index (χ1) is 54.3. The van der Waals surface area contributed by atoms with Gasteiger partial charge in [-0.3, -0.25) is 0 Å². The number of methoxy groups -OCH3 is 5. The molecule has 14 aromatic rings. The summed E-state index contributed by atoms with van der Waals surface area (Å²) in [5.41, 5.74) is 28.9. The van der Waals surface area contributed by atoms with Crippen LogP contribution in [-0.4, -0.2) is 50.3 Å². The zero-order chi connectivity index (χ0) is 76.6. The summed E-state index contributed by atoms with van der Waals surface area (Å²) in [5, 5.41) is 21.2. The molecule has 9 heteroatoms. The minimum Gasteiger partial charge on any atom is -0.497 e. The third-order valence-electron chi connectivity index (χ3n) is 23.6. The van der Waals surface area contributed by atoms with E-state index in [1.807, 2.05) is 24.5 Å². The van der Waals surface area contributed by atoms with Gasteiger partial charge in [0, 0.05) is 43.4 Å². The highest BCUT2D eigenvalue weighted by atomic mass is 16.5. The van der Waals surface area contributed by atoms with Crippen molar-refractivity contribution < 1.29 is 38.5 Å². The number of rotatable bonds is 24. The number of aryl methyl sites for hydroxylation is 1. The first-order valence-corrected chi connectivity index (χ1v) is 38.0. The number of aliphatic hydroxyl groups is 2. The highest BCUT2D eigenvalue weighted by Crippen LogP contribution is 2.64. The van der Waals surface area contributed by atoms with Crippen LogP contribution >= 0.6 is 0 Å². The van der Waals surface area contributed by atoms with E-state index in [0.717, 1.165) is 157 Å². The van der Waals surface area contributed by atoms with Crippen LogP contribution in [0.15, 0.2) is 304 Å². The molecule has 0 fully saturated rings. The molecule has 0 bridgehead atoms. The molecule has 111 heavy (non-hydrogen) atoms. The van der Waals surface area contributed by atoms with Gasteiger partial charge in [0.15, 0.2) is 0 Å². The predicted molar refractivity (Wildman–Crippen MR) is 445 cm³/mol. The van der Waals surface area contributed by atoms with Gasteiger partial charge in [-0.15, -0.1) is 0 Å². The Kier molecular flexibility index (Phi) is 20.2. The average molecular weight is 1460 g/mol. The number of hydrogen-bond acceptors (Lipinski definition) is 7. The van der Waals surface area contributed by atoms with E-state index in [2.05, 4.69) is 322 Å². The molecule has 1 aromatic heterocycles. The first kappa shape index (κ1) is 72.7. The van der Waals surface area contributed by atoms with Gasteiger partial charge in [0.05, 0.1) is 73.0 Å². The molecule has 2 aliphatic carbocycles. The summed E-state index contributed by atoms with van der Waals surface area (Å²) in [6.45, 7) is 14.8. The molecule has 16 rings (SSSR count). The number of hydrogen-bond donors (Lipinski definition) is 2. The number of fused-ring (bicyclic) bond motifs is 9. The molecule has 0 radical (unpaired) electrons. The normalized spacial score (nSPS) is 14.7. The Hall–Kier alpha value is -12.5. The lowest BCUT2D eigenvalue weighted by Crippen LogP contribution is -2.37. The van der Waals surface area contributed by atoms with Crippen molar-refractivity contribution in [2.75, 3.05) is 35.5 Å². The van der Waals surface area contributed by atoms with Crippen LogP contribution in [0.5, 0.6) is 28.7 Å². The first-order valence-electron chi connectivity index (χ1n) is 38.0. The van der Waals surface area contributed by atoms with Crippen molar-refractivity contribution in [1.82, 2.24) is 4.57 Å². The molecule has 9 nitrogen and oxygen atoms in total. The van der Waals surface area contributed by atoms with Gasteiger partial charge >= 0.3 is 0 Å². The van der Waals surface area contributed by atoms with Crippen LogP contribution in [0, 0.1) is 20.8 Å². The summed E-state index contributed by atoms with van der Waals surface area (Å²) < 4.78 is 33.7. The van der Waals surface area contributed by atoms with Gasteiger partial charge in [0.2, 0.25) is 0 Å². The van der Waals surface area contributed by atoms with Crippen molar-refractivity contribution in [2.24, 2.45) is 0 Å². The minimum absolute atomic E-state index is 0.0724. The largest absolute Gasteiger partial charge is 0.497 e. The maximum absolute atomic E-state index is 10.6. The van der Waals surface area contributed by atoms with Crippen LogP contribution < -0.4 is 28.3 Å². The molecular weight excluding hydrogens is 1370 g/mol. The summed E-state index contributed by atoms with van der Waals surface area (Å²) in [7, 11) is 8.60. The Morgan fingerprint density at radius 1 is 0.360 bits per heavy atom. The van der Waals surface area contributed by atoms with E-state index in [4.69, 9.17) is 23.7 Å². The Morgan fingerprint density at radius 2 is 0.649 bits per heavy atom. The zero-order valence-corrected chi connectivity index (χ0v) is 64.1. The van der Waals surface area contributed by atoms with E-state index >= 15 is 0 Å². The lowest BCUT2D eigenvalue weighted by atomic mass is 9.57. The minimum atomic E-state index is -1.08. The standard InChI is InChI=1S/C102H91N2O7/c1-11-103-65(4)66(5)104(12-2)96(103)57-67-15-23-78(24-16-67)101-90-55-41-81(97(70-21-13-64(3)14-22-70)73-29-43-83(107-6)44-30-73)60-94(90)102(95-61-82(42-56-91(95)101)99(72-27-19-69(63-106)20-28-72)75-33-47-85(109-8)48-34-75)92-58-79(98(71-25-17-68(62-105)18-26-71)74-31-45-84(108-7)46-32-74)39-53-88(92)89-54-40-80(59-93(89)102)100(76-35-49-86(110-9)50-36-76)77-37-51-87(111-10)52-38-77/h11-56,58-61,97-101,105-106H,1-2,57,62-63H2,3-10H3/q+1. The molecule has 550 valence electrons. The van der Waals surface area contributed by atoms with Gasteiger partial charge in [-0.25, -0.2) is 9.13 Å². The number of ether oxygens (including phenoxy) is 5. The summed E-state index contributed by atoms with van der Waals surface area (Å²) >= 11 is 0. The Bertz CT molecular complexity index is 5400. The van der Waals surface area contributed by atoms with Gasteiger partial charge in [0.25, 0.3) is 5.82 Å². The summed E-state index contributed by atoms with van der Waals surface area (Å²) in [6.07, 6.45) is 4.45. The molecule has 1 spiro atoms. The van der Waals surface area contributed by atoms with Crippen molar-refractivity contribution in [3.05, 3.63) is 450 Å². The molecule has 0 saturated heterocycles. The molecule has 1 heterocycles. The summed E-state index contributed by atoms with van der Waals surface area (Å²) in [5.74, 6) is 3.64. The van der Waals surface area contributed by atoms with Crippen molar-refractivity contribution >= 4 is 12.4 Å². The second-order valence-corrected chi connectivity index (χ2v) is 29.4. The molecule has 5 atom stereocenters. The van der Waals surface area contributed by atoms with E-state index in [1.54, 1.807) is 35.5 Å². The van der Waals surface area contributed by atoms with Gasteiger partial charge < -0.3 is 33.9 Å². The highest BCUT2D eigenvalue weighted by molar-refractivity contribution is 5.90. The maximum atomic E-state index is 10.6. The zero-order valence-electron chi connectivity index (χ0n) is 64.1.